The Morgan fingerprint density at radius 1 is 1.05 bits per heavy atom. The van der Waals surface area contributed by atoms with Crippen LogP contribution in [0.4, 0.5) is 0 Å². The van der Waals surface area contributed by atoms with E-state index in [4.69, 9.17) is 9.47 Å². The van der Waals surface area contributed by atoms with Crippen LogP contribution in [0.2, 0.25) is 0 Å². The Morgan fingerprint density at radius 2 is 1.74 bits per heavy atom. The van der Waals surface area contributed by atoms with Crippen molar-refractivity contribution < 1.29 is 9.47 Å². The van der Waals surface area contributed by atoms with Crippen LogP contribution >= 0.6 is 0 Å². The molecule has 4 heteroatoms. The van der Waals surface area contributed by atoms with Crippen molar-refractivity contribution in [1.29, 1.82) is 0 Å². The van der Waals surface area contributed by atoms with E-state index >= 15 is 0 Å². The number of methoxy groups -OCH3 is 1. The van der Waals surface area contributed by atoms with Crippen molar-refractivity contribution in [2.75, 3.05) is 7.11 Å². The molecule has 0 aliphatic rings. The molecule has 19 heavy (non-hydrogen) atoms. The second kappa shape index (κ2) is 5.78. The molecule has 2 aromatic carbocycles. The molecule has 4 nitrogen and oxygen atoms in total. The minimum absolute atomic E-state index is 0.403. The van der Waals surface area contributed by atoms with Gasteiger partial charge in [0, 0.05) is 5.01 Å². The van der Waals surface area contributed by atoms with Crippen LogP contribution in [-0.4, -0.2) is 7.11 Å². The highest BCUT2D eigenvalue weighted by Crippen LogP contribution is 2.31. The van der Waals surface area contributed by atoms with E-state index in [1.165, 1.54) is 7.11 Å². The Labute approximate surface area is 111 Å². The molecule has 2 aromatic rings. The highest BCUT2D eigenvalue weighted by molar-refractivity contribution is 5.55. The molecule has 96 valence electrons. The Morgan fingerprint density at radius 3 is 2.37 bits per heavy atom. The van der Waals surface area contributed by atoms with E-state index in [1.807, 2.05) is 31.2 Å². The summed E-state index contributed by atoms with van der Waals surface area (Å²) in [7, 11) is 1.51. The fourth-order valence-corrected chi connectivity index (χ4v) is 1.66. The third-order valence-electron chi connectivity index (χ3n) is 2.61. The van der Waals surface area contributed by atoms with Crippen molar-refractivity contribution in [3.8, 4) is 23.3 Å². The molecule has 2 rings (SSSR count). The average molecular weight is 255 g/mol. The summed E-state index contributed by atoms with van der Waals surface area (Å²) in [4.78, 5) is 0. The largest absolute Gasteiger partial charge is 0.498 e. The summed E-state index contributed by atoms with van der Waals surface area (Å²) in [6.45, 7) is 2.00. The second-order valence-electron chi connectivity index (χ2n) is 3.95. The maximum atomic E-state index is 10.4. The molecular weight excluding hydrogens is 242 g/mol. The van der Waals surface area contributed by atoms with Gasteiger partial charge >= 0.3 is 6.07 Å². The number of benzene rings is 2. The molecule has 0 fully saturated rings. The fraction of sp³-hybridized carbons (Fsp3) is 0.133. The van der Waals surface area contributed by atoms with Crippen molar-refractivity contribution >= 4 is 0 Å². The predicted octanol–water partition coefficient (Wildman–Crippen LogP) is 3.97. The molecule has 0 N–H and O–H groups in total. The van der Waals surface area contributed by atoms with Gasteiger partial charge in [-0.15, -0.1) is 0 Å². The molecule has 0 saturated carbocycles. The standard InChI is InChI=1S/C15H13NO3/c1-11-6-8-12(9-7-11)19-15-5-3-4-14(18-2)13(15)10-16-17/h3-9H,1-2H3. The highest BCUT2D eigenvalue weighted by atomic mass is 16.5. The number of rotatable bonds is 3. The molecular formula is C15H13NO3. The lowest BCUT2D eigenvalue weighted by atomic mass is 10.2. The molecule has 0 aliphatic carbocycles. The SMILES string of the molecule is COc1cccc(Oc2ccc(C)cc2)c1C#[N+][O-]. The first-order valence-corrected chi connectivity index (χ1v) is 5.74. The number of ether oxygens (including phenoxy) is 2. The minimum Gasteiger partial charge on any atom is -0.498 e. The lowest BCUT2D eigenvalue weighted by molar-refractivity contribution is 0.407. The first-order chi connectivity index (χ1) is 9.24. The lowest BCUT2D eigenvalue weighted by Crippen LogP contribution is -1.92. The molecule has 0 atom stereocenters. The zero-order chi connectivity index (χ0) is 13.7. The number of hydrogen-bond donors (Lipinski definition) is 0. The molecule has 0 unspecified atom stereocenters. The predicted molar refractivity (Wildman–Crippen MR) is 74.0 cm³/mol. The van der Waals surface area contributed by atoms with Gasteiger partial charge in [0.25, 0.3) is 0 Å². The third-order valence-corrected chi connectivity index (χ3v) is 2.61. The maximum absolute atomic E-state index is 10.4. The van der Waals surface area contributed by atoms with Gasteiger partial charge < -0.3 is 14.7 Å². The second-order valence-corrected chi connectivity index (χ2v) is 3.95. The molecule has 0 amide bonds. The van der Waals surface area contributed by atoms with E-state index in [9.17, 15) is 5.21 Å². The van der Waals surface area contributed by atoms with Crippen molar-refractivity contribution in [2.45, 2.75) is 6.92 Å². The van der Waals surface area contributed by atoms with Crippen molar-refractivity contribution in [3.05, 3.63) is 63.8 Å². The molecule has 0 spiro atoms. The molecule has 0 heterocycles. The monoisotopic (exact) mass is 255 g/mol. The van der Waals surface area contributed by atoms with Crippen LogP contribution in [0.25, 0.3) is 5.01 Å². The lowest BCUT2D eigenvalue weighted by Gasteiger charge is -2.09. The quantitative estimate of drug-likeness (QED) is 0.779. The first kappa shape index (κ1) is 12.8. The number of aryl methyl sites for hydroxylation is 1. The van der Waals surface area contributed by atoms with Gasteiger partial charge in [-0.3, -0.25) is 0 Å². The first-order valence-electron chi connectivity index (χ1n) is 5.74. The third kappa shape index (κ3) is 2.96. The van der Waals surface area contributed by atoms with Gasteiger partial charge in [0.1, 0.15) is 11.5 Å². The Balaban J connectivity index is 2.38. The summed E-state index contributed by atoms with van der Waals surface area (Å²) < 4.78 is 10.9. The van der Waals surface area contributed by atoms with Crippen molar-refractivity contribution in [3.63, 3.8) is 0 Å². The zero-order valence-electron chi connectivity index (χ0n) is 10.7. The molecule has 0 saturated heterocycles. The Kier molecular flexibility index (Phi) is 3.89. The van der Waals surface area contributed by atoms with Crippen LogP contribution < -0.4 is 9.47 Å². The van der Waals surface area contributed by atoms with E-state index in [0.29, 0.717) is 22.8 Å². The van der Waals surface area contributed by atoms with Gasteiger partial charge in [-0.1, -0.05) is 23.8 Å². The van der Waals surface area contributed by atoms with E-state index in [2.05, 4.69) is 11.1 Å². The van der Waals surface area contributed by atoms with E-state index in [1.54, 1.807) is 18.2 Å². The summed E-state index contributed by atoms with van der Waals surface area (Å²) in [5.41, 5.74) is 1.55. The molecule has 0 aliphatic heterocycles. The van der Waals surface area contributed by atoms with Crippen LogP contribution in [0.1, 0.15) is 11.1 Å². The van der Waals surface area contributed by atoms with Gasteiger partial charge in [0.2, 0.25) is 0 Å². The smallest absolute Gasteiger partial charge is 0.344 e. The number of hydrogen-bond acceptors (Lipinski definition) is 3. The van der Waals surface area contributed by atoms with Gasteiger partial charge in [0.15, 0.2) is 11.3 Å². The maximum Gasteiger partial charge on any atom is 0.344 e. The van der Waals surface area contributed by atoms with Gasteiger partial charge in [-0.25, -0.2) is 0 Å². The van der Waals surface area contributed by atoms with Crippen LogP contribution in [-0.2, 0) is 0 Å². The van der Waals surface area contributed by atoms with Crippen LogP contribution in [0.3, 0.4) is 0 Å². The van der Waals surface area contributed by atoms with Crippen molar-refractivity contribution in [2.24, 2.45) is 0 Å². The van der Waals surface area contributed by atoms with Crippen LogP contribution in [0.5, 0.6) is 17.2 Å². The summed E-state index contributed by atoms with van der Waals surface area (Å²) in [5, 5.41) is 13.1. The molecule has 0 radical (unpaired) electrons. The van der Waals surface area contributed by atoms with E-state index in [-0.39, 0.29) is 0 Å². The Hall–Kier alpha value is -2.67. The van der Waals surface area contributed by atoms with Gasteiger partial charge in [-0.2, -0.15) is 0 Å². The Bertz CT molecular complexity index is 624. The minimum atomic E-state index is 0.403. The van der Waals surface area contributed by atoms with Gasteiger partial charge in [0.05, 0.1) is 7.11 Å². The molecule has 0 bridgehead atoms. The zero-order valence-corrected chi connectivity index (χ0v) is 10.7. The van der Waals surface area contributed by atoms with Crippen LogP contribution in [0, 0.1) is 18.2 Å². The highest BCUT2D eigenvalue weighted by Gasteiger charge is 2.13. The van der Waals surface area contributed by atoms with Gasteiger partial charge in [-0.05, 0) is 31.2 Å². The number of nitrogens with zero attached hydrogens (tertiary/aromatic N) is 1. The summed E-state index contributed by atoms with van der Waals surface area (Å²) >= 11 is 0. The van der Waals surface area contributed by atoms with Crippen molar-refractivity contribution in [1.82, 2.24) is 0 Å². The molecule has 0 aromatic heterocycles. The summed E-state index contributed by atoms with van der Waals surface area (Å²) in [6.07, 6.45) is 0. The van der Waals surface area contributed by atoms with E-state index < -0.39 is 0 Å². The van der Waals surface area contributed by atoms with Crippen LogP contribution in [0.15, 0.2) is 42.5 Å². The summed E-state index contributed by atoms with van der Waals surface area (Å²) in [6, 6.07) is 15.2. The normalized spacial score (nSPS) is 9.37. The average Bonchev–Trinajstić information content (AvgIpc) is 2.43. The fourth-order valence-electron chi connectivity index (χ4n) is 1.66. The van der Waals surface area contributed by atoms with E-state index in [0.717, 1.165) is 5.56 Å². The topological polar surface area (TPSA) is 45.9 Å². The summed E-state index contributed by atoms with van der Waals surface area (Å²) in [5.74, 6) is 1.64.